The maximum atomic E-state index is 12.7. The molecule has 4 aromatic rings. The molecule has 4 rings (SSSR count). The highest BCUT2D eigenvalue weighted by atomic mass is 79.9. The number of phenolic OH excluding ortho intramolecular Hbond substituents is 1. The van der Waals surface area contributed by atoms with Crippen LogP contribution in [0.1, 0.15) is 17.2 Å². The third-order valence-corrected chi connectivity index (χ3v) is 5.62. The van der Waals surface area contributed by atoms with Gasteiger partial charge in [-0.15, -0.1) is 0 Å². The number of phenols is 1. The van der Waals surface area contributed by atoms with Crippen LogP contribution in [0.25, 0.3) is 10.9 Å². The summed E-state index contributed by atoms with van der Waals surface area (Å²) in [5.41, 5.74) is 1.63. The number of aromatic nitrogens is 1. The van der Waals surface area contributed by atoms with Gasteiger partial charge >= 0.3 is 0 Å². The second kappa shape index (κ2) is 9.37. The van der Waals surface area contributed by atoms with Crippen LogP contribution in [0.15, 0.2) is 83.5 Å². The highest BCUT2D eigenvalue weighted by molar-refractivity contribution is 9.10. The van der Waals surface area contributed by atoms with Crippen molar-refractivity contribution >= 4 is 44.3 Å². The standard InChI is InChI=1S/C24H18BrClN2O3/c25-16-8-10-17(11-9-16)31-14-21(29)28-22(15-5-2-1-3-6-15)19-13-20(26)18-7-4-12-27-23(18)24(19)30/h1-13,22,30H,14H2,(H,28,29). The summed E-state index contributed by atoms with van der Waals surface area (Å²) in [6.07, 6.45) is 1.59. The number of fused-ring (bicyclic) bond motifs is 1. The molecule has 31 heavy (non-hydrogen) atoms. The summed E-state index contributed by atoms with van der Waals surface area (Å²) in [5, 5.41) is 15.0. The van der Waals surface area contributed by atoms with Gasteiger partial charge in [0.15, 0.2) is 6.61 Å². The smallest absolute Gasteiger partial charge is 0.258 e. The van der Waals surface area contributed by atoms with Gasteiger partial charge in [-0.1, -0.05) is 57.9 Å². The van der Waals surface area contributed by atoms with Crippen molar-refractivity contribution < 1.29 is 14.6 Å². The van der Waals surface area contributed by atoms with Crippen LogP contribution in [0.4, 0.5) is 0 Å². The molecule has 7 heteroatoms. The number of pyridine rings is 1. The number of aromatic hydroxyl groups is 1. The molecule has 0 aliphatic rings. The number of carbonyl (C=O) groups is 1. The molecule has 1 aromatic heterocycles. The third-order valence-electron chi connectivity index (χ3n) is 4.78. The van der Waals surface area contributed by atoms with Gasteiger partial charge in [0.1, 0.15) is 17.0 Å². The van der Waals surface area contributed by atoms with E-state index in [1.165, 1.54) is 0 Å². The number of nitrogens with one attached hydrogen (secondary N) is 1. The van der Waals surface area contributed by atoms with Gasteiger partial charge in [-0.3, -0.25) is 9.78 Å². The topological polar surface area (TPSA) is 71.5 Å². The first-order valence-corrected chi connectivity index (χ1v) is 10.7. The largest absolute Gasteiger partial charge is 0.505 e. The maximum Gasteiger partial charge on any atom is 0.258 e. The Morgan fingerprint density at radius 2 is 1.84 bits per heavy atom. The Hall–Kier alpha value is -3.09. The molecule has 0 saturated heterocycles. The Morgan fingerprint density at radius 1 is 1.10 bits per heavy atom. The molecular formula is C24H18BrClN2O3. The molecular weight excluding hydrogens is 480 g/mol. The van der Waals surface area contributed by atoms with E-state index in [9.17, 15) is 9.90 Å². The van der Waals surface area contributed by atoms with E-state index in [1.54, 1.807) is 36.5 Å². The third kappa shape index (κ3) is 4.81. The zero-order chi connectivity index (χ0) is 21.8. The van der Waals surface area contributed by atoms with Crippen LogP contribution in [0.3, 0.4) is 0 Å². The lowest BCUT2D eigenvalue weighted by Gasteiger charge is -2.22. The van der Waals surface area contributed by atoms with Gasteiger partial charge in [-0.25, -0.2) is 0 Å². The van der Waals surface area contributed by atoms with Crippen LogP contribution >= 0.6 is 27.5 Å². The van der Waals surface area contributed by atoms with Crippen molar-refractivity contribution in [2.75, 3.05) is 6.61 Å². The van der Waals surface area contributed by atoms with Crippen LogP contribution in [-0.2, 0) is 4.79 Å². The number of benzene rings is 3. The molecule has 5 nitrogen and oxygen atoms in total. The van der Waals surface area contributed by atoms with E-state index in [0.29, 0.717) is 27.2 Å². The predicted molar refractivity (Wildman–Crippen MR) is 124 cm³/mol. The van der Waals surface area contributed by atoms with Crippen LogP contribution in [0, 0.1) is 0 Å². The van der Waals surface area contributed by atoms with Crippen LogP contribution in [-0.4, -0.2) is 22.6 Å². The van der Waals surface area contributed by atoms with Crippen molar-refractivity contribution in [2.45, 2.75) is 6.04 Å². The molecule has 1 atom stereocenters. The molecule has 2 N–H and O–H groups in total. The predicted octanol–water partition coefficient (Wildman–Crippen LogP) is 5.64. The average Bonchev–Trinajstić information content (AvgIpc) is 2.80. The van der Waals surface area contributed by atoms with Crippen LogP contribution in [0.2, 0.25) is 5.02 Å². The number of hydrogen-bond acceptors (Lipinski definition) is 4. The monoisotopic (exact) mass is 496 g/mol. The number of rotatable bonds is 6. The summed E-state index contributed by atoms with van der Waals surface area (Å²) in [7, 11) is 0. The van der Waals surface area contributed by atoms with Crippen molar-refractivity contribution in [3.05, 3.63) is 99.6 Å². The van der Waals surface area contributed by atoms with Gasteiger partial charge in [0.05, 0.1) is 11.1 Å². The van der Waals surface area contributed by atoms with E-state index < -0.39 is 6.04 Å². The number of ether oxygens (including phenoxy) is 1. The average molecular weight is 498 g/mol. The lowest BCUT2D eigenvalue weighted by molar-refractivity contribution is -0.123. The van der Waals surface area contributed by atoms with E-state index >= 15 is 0 Å². The second-order valence-electron chi connectivity index (χ2n) is 6.85. The Morgan fingerprint density at radius 3 is 2.58 bits per heavy atom. The first kappa shape index (κ1) is 21.2. The van der Waals surface area contributed by atoms with Crippen molar-refractivity contribution in [3.8, 4) is 11.5 Å². The van der Waals surface area contributed by atoms with E-state index in [4.69, 9.17) is 16.3 Å². The first-order chi connectivity index (χ1) is 15.0. The van der Waals surface area contributed by atoms with Gasteiger partial charge < -0.3 is 15.2 Å². The number of carbonyl (C=O) groups excluding carboxylic acids is 1. The van der Waals surface area contributed by atoms with Crippen molar-refractivity contribution in [2.24, 2.45) is 0 Å². The van der Waals surface area contributed by atoms with E-state index in [1.807, 2.05) is 42.5 Å². The summed E-state index contributed by atoms with van der Waals surface area (Å²) >= 11 is 9.83. The van der Waals surface area contributed by atoms with Crippen molar-refractivity contribution in [1.29, 1.82) is 0 Å². The summed E-state index contributed by atoms with van der Waals surface area (Å²) < 4.78 is 6.51. The Labute approximate surface area is 192 Å². The van der Waals surface area contributed by atoms with Crippen molar-refractivity contribution in [1.82, 2.24) is 10.3 Å². The van der Waals surface area contributed by atoms with Gasteiger partial charge in [0, 0.05) is 21.6 Å². The molecule has 0 fully saturated rings. The van der Waals surface area contributed by atoms with E-state index in [2.05, 4.69) is 26.2 Å². The fourth-order valence-electron chi connectivity index (χ4n) is 3.29. The molecule has 0 bridgehead atoms. The van der Waals surface area contributed by atoms with Gasteiger partial charge in [0.25, 0.3) is 5.91 Å². The minimum Gasteiger partial charge on any atom is -0.505 e. The number of nitrogens with zero attached hydrogens (tertiary/aromatic N) is 1. The summed E-state index contributed by atoms with van der Waals surface area (Å²) in [6, 6.07) is 21.1. The number of hydrogen-bond donors (Lipinski definition) is 2. The minimum atomic E-state index is -0.633. The zero-order valence-electron chi connectivity index (χ0n) is 16.3. The lowest BCUT2D eigenvalue weighted by atomic mass is 9.96. The molecule has 0 aliphatic heterocycles. The van der Waals surface area contributed by atoms with E-state index in [0.717, 1.165) is 10.0 Å². The Bertz CT molecular complexity index is 1220. The van der Waals surface area contributed by atoms with Crippen molar-refractivity contribution in [3.63, 3.8) is 0 Å². The SMILES string of the molecule is O=C(COc1ccc(Br)cc1)NC(c1ccccc1)c1cc(Cl)c2cccnc2c1O. The normalized spacial score (nSPS) is 11.8. The molecule has 156 valence electrons. The Balaban J connectivity index is 1.64. The fourth-order valence-corrected chi connectivity index (χ4v) is 3.83. The molecule has 0 aliphatic carbocycles. The van der Waals surface area contributed by atoms with Gasteiger partial charge in [0.2, 0.25) is 0 Å². The molecule has 3 aromatic carbocycles. The van der Waals surface area contributed by atoms with Gasteiger partial charge in [-0.05, 0) is 48.0 Å². The molecule has 1 unspecified atom stereocenters. The summed E-state index contributed by atoms with van der Waals surface area (Å²) in [5.74, 6) is 0.215. The molecule has 0 radical (unpaired) electrons. The first-order valence-electron chi connectivity index (χ1n) is 9.51. The lowest BCUT2D eigenvalue weighted by Crippen LogP contribution is -2.33. The molecule has 1 heterocycles. The fraction of sp³-hybridized carbons (Fsp3) is 0.0833. The highest BCUT2D eigenvalue weighted by Gasteiger charge is 2.23. The summed E-state index contributed by atoms with van der Waals surface area (Å²) in [6.45, 7) is -0.175. The quantitative estimate of drug-likeness (QED) is 0.362. The zero-order valence-corrected chi connectivity index (χ0v) is 18.6. The number of halogens is 2. The molecule has 0 saturated carbocycles. The highest BCUT2D eigenvalue weighted by Crippen LogP contribution is 2.38. The molecule has 0 spiro atoms. The van der Waals surface area contributed by atoms with Crippen LogP contribution < -0.4 is 10.1 Å². The molecule has 1 amide bonds. The van der Waals surface area contributed by atoms with E-state index in [-0.39, 0.29) is 18.3 Å². The minimum absolute atomic E-state index is 0.0250. The second-order valence-corrected chi connectivity index (χ2v) is 8.17. The maximum absolute atomic E-state index is 12.7. The van der Waals surface area contributed by atoms with Gasteiger partial charge in [-0.2, -0.15) is 0 Å². The number of amides is 1. The summed E-state index contributed by atoms with van der Waals surface area (Å²) in [4.78, 5) is 17.0. The van der Waals surface area contributed by atoms with Crippen LogP contribution in [0.5, 0.6) is 11.5 Å². The Kier molecular flexibility index (Phi) is 6.39.